The zero-order valence-corrected chi connectivity index (χ0v) is 14.4. The van der Waals surface area contributed by atoms with Crippen LogP contribution in [0.1, 0.15) is 29.7 Å². The zero-order valence-electron chi connectivity index (χ0n) is 12.1. The standard InChI is InChI=1S/C17H18Cl3N/c1-3-21-17(13-6-4-11(2)8-15(13)19)10-12-5-7-14(18)16(20)9-12/h4-9,17,21H,3,10H2,1-2H3. The van der Waals surface area contributed by atoms with Crippen LogP contribution in [0, 0.1) is 6.92 Å². The van der Waals surface area contributed by atoms with E-state index in [4.69, 9.17) is 34.8 Å². The Morgan fingerprint density at radius 1 is 0.952 bits per heavy atom. The fourth-order valence-corrected chi connectivity index (χ4v) is 3.04. The largest absolute Gasteiger partial charge is 0.310 e. The molecule has 2 aromatic carbocycles. The second kappa shape index (κ2) is 7.51. The molecule has 1 N–H and O–H groups in total. The zero-order chi connectivity index (χ0) is 15.4. The number of hydrogen-bond acceptors (Lipinski definition) is 1. The Hall–Kier alpha value is -0.730. The van der Waals surface area contributed by atoms with Crippen LogP contribution in [0.5, 0.6) is 0 Å². The first-order valence-corrected chi connectivity index (χ1v) is 8.08. The molecule has 0 aliphatic rings. The third kappa shape index (κ3) is 4.37. The lowest BCUT2D eigenvalue weighted by Gasteiger charge is -2.20. The lowest BCUT2D eigenvalue weighted by molar-refractivity contribution is 0.550. The summed E-state index contributed by atoms with van der Waals surface area (Å²) in [5.41, 5.74) is 3.40. The molecule has 0 fully saturated rings. The van der Waals surface area contributed by atoms with E-state index < -0.39 is 0 Å². The van der Waals surface area contributed by atoms with Crippen LogP contribution in [0.15, 0.2) is 36.4 Å². The normalized spacial score (nSPS) is 12.4. The van der Waals surface area contributed by atoms with Gasteiger partial charge < -0.3 is 5.32 Å². The van der Waals surface area contributed by atoms with Gasteiger partial charge in [0.1, 0.15) is 0 Å². The van der Waals surface area contributed by atoms with Gasteiger partial charge in [-0.25, -0.2) is 0 Å². The summed E-state index contributed by atoms with van der Waals surface area (Å²) in [6.07, 6.45) is 0.813. The molecule has 0 aromatic heterocycles. The van der Waals surface area contributed by atoms with Crippen molar-refractivity contribution in [3.63, 3.8) is 0 Å². The Labute approximate surface area is 141 Å². The SMILES string of the molecule is CCNC(Cc1ccc(Cl)c(Cl)c1)c1ccc(C)cc1Cl. The first-order chi connectivity index (χ1) is 10.0. The molecule has 2 aromatic rings. The Kier molecular flexibility index (Phi) is 5.95. The van der Waals surface area contributed by atoms with Crippen molar-refractivity contribution >= 4 is 34.8 Å². The summed E-state index contributed by atoms with van der Waals surface area (Å²) in [7, 11) is 0. The maximum absolute atomic E-state index is 6.40. The van der Waals surface area contributed by atoms with E-state index in [2.05, 4.69) is 24.4 Å². The van der Waals surface area contributed by atoms with E-state index in [0.29, 0.717) is 10.0 Å². The molecule has 0 saturated heterocycles. The van der Waals surface area contributed by atoms with Crippen LogP contribution >= 0.6 is 34.8 Å². The van der Waals surface area contributed by atoms with Gasteiger partial charge >= 0.3 is 0 Å². The fourth-order valence-electron chi connectivity index (χ4n) is 2.36. The van der Waals surface area contributed by atoms with E-state index in [1.165, 1.54) is 0 Å². The monoisotopic (exact) mass is 341 g/mol. The Bertz CT molecular complexity index is 625. The number of likely N-dealkylation sites (N-methyl/N-ethyl adjacent to an activating group) is 1. The molecule has 1 nitrogen and oxygen atoms in total. The van der Waals surface area contributed by atoms with Gasteiger partial charge in [-0.1, -0.05) is 59.9 Å². The van der Waals surface area contributed by atoms with E-state index in [9.17, 15) is 0 Å². The van der Waals surface area contributed by atoms with Crippen LogP contribution in [-0.2, 0) is 6.42 Å². The molecule has 0 radical (unpaired) electrons. The highest BCUT2D eigenvalue weighted by Crippen LogP contribution is 2.29. The van der Waals surface area contributed by atoms with Gasteiger partial charge in [0.15, 0.2) is 0 Å². The van der Waals surface area contributed by atoms with E-state index in [-0.39, 0.29) is 6.04 Å². The molecule has 2 rings (SSSR count). The molecule has 0 bridgehead atoms. The van der Waals surface area contributed by atoms with Gasteiger partial charge in [-0.15, -0.1) is 0 Å². The second-order valence-electron chi connectivity index (χ2n) is 5.09. The van der Waals surface area contributed by atoms with Gasteiger partial charge in [0.05, 0.1) is 10.0 Å². The van der Waals surface area contributed by atoms with Gasteiger partial charge in [-0.3, -0.25) is 0 Å². The second-order valence-corrected chi connectivity index (χ2v) is 6.31. The number of rotatable bonds is 5. The van der Waals surface area contributed by atoms with Gasteiger partial charge in [0.2, 0.25) is 0 Å². The molecule has 4 heteroatoms. The highest BCUT2D eigenvalue weighted by Gasteiger charge is 2.15. The van der Waals surface area contributed by atoms with E-state index in [1.54, 1.807) is 0 Å². The Morgan fingerprint density at radius 2 is 1.71 bits per heavy atom. The predicted molar refractivity (Wildman–Crippen MR) is 92.8 cm³/mol. The minimum atomic E-state index is 0.153. The third-order valence-electron chi connectivity index (χ3n) is 3.41. The topological polar surface area (TPSA) is 12.0 Å². The summed E-state index contributed by atoms with van der Waals surface area (Å²) in [6, 6.07) is 12.1. The third-order valence-corrected chi connectivity index (χ3v) is 4.47. The molecule has 0 heterocycles. The van der Waals surface area contributed by atoms with Crippen LogP contribution in [-0.4, -0.2) is 6.54 Å². The van der Waals surface area contributed by atoms with Crippen LogP contribution < -0.4 is 5.32 Å². The number of hydrogen-bond donors (Lipinski definition) is 1. The highest BCUT2D eigenvalue weighted by molar-refractivity contribution is 6.42. The summed E-state index contributed by atoms with van der Waals surface area (Å²) in [5, 5.41) is 5.43. The first-order valence-electron chi connectivity index (χ1n) is 6.94. The number of benzene rings is 2. The molecular formula is C17H18Cl3N. The molecule has 112 valence electrons. The Balaban J connectivity index is 2.28. The van der Waals surface area contributed by atoms with Crippen molar-refractivity contribution in [1.82, 2.24) is 5.32 Å². The van der Waals surface area contributed by atoms with Crippen LogP contribution in [0.2, 0.25) is 15.1 Å². The lowest BCUT2D eigenvalue weighted by Crippen LogP contribution is -2.23. The highest BCUT2D eigenvalue weighted by atomic mass is 35.5. The number of halogens is 3. The average Bonchev–Trinajstić information content (AvgIpc) is 2.42. The summed E-state index contributed by atoms with van der Waals surface area (Å²) >= 11 is 18.5. The smallest absolute Gasteiger partial charge is 0.0595 e. The number of aryl methyl sites for hydroxylation is 1. The van der Waals surface area contributed by atoms with E-state index >= 15 is 0 Å². The van der Waals surface area contributed by atoms with Crippen molar-refractivity contribution in [1.29, 1.82) is 0 Å². The molecule has 1 atom stereocenters. The van der Waals surface area contributed by atoms with E-state index in [1.807, 2.05) is 31.2 Å². The van der Waals surface area contributed by atoms with Crippen molar-refractivity contribution < 1.29 is 0 Å². The van der Waals surface area contributed by atoms with Gasteiger partial charge in [-0.2, -0.15) is 0 Å². The van der Waals surface area contributed by atoms with Crippen LogP contribution in [0.3, 0.4) is 0 Å². The first kappa shape index (κ1) is 16.6. The summed E-state index contributed by atoms with van der Waals surface area (Å²) in [5.74, 6) is 0. The quantitative estimate of drug-likeness (QED) is 0.719. The predicted octanol–water partition coefficient (Wildman–Crippen LogP) is 5.85. The molecule has 0 amide bonds. The van der Waals surface area contributed by atoms with Gasteiger partial charge in [-0.05, 0) is 54.8 Å². The molecule has 1 unspecified atom stereocenters. The molecule has 0 aliphatic carbocycles. The fraction of sp³-hybridized carbons (Fsp3) is 0.294. The maximum Gasteiger partial charge on any atom is 0.0595 e. The van der Waals surface area contributed by atoms with Crippen molar-refractivity contribution in [2.45, 2.75) is 26.3 Å². The molecule has 0 saturated carbocycles. The maximum atomic E-state index is 6.40. The molecule has 21 heavy (non-hydrogen) atoms. The summed E-state index contributed by atoms with van der Waals surface area (Å²) in [6.45, 7) is 5.00. The molecular weight excluding hydrogens is 325 g/mol. The summed E-state index contributed by atoms with van der Waals surface area (Å²) < 4.78 is 0. The summed E-state index contributed by atoms with van der Waals surface area (Å²) in [4.78, 5) is 0. The van der Waals surface area contributed by atoms with Crippen molar-refractivity contribution in [2.75, 3.05) is 6.54 Å². The molecule has 0 aliphatic heterocycles. The van der Waals surface area contributed by atoms with Crippen LogP contribution in [0.4, 0.5) is 0 Å². The van der Waals surface area contributed by atoms with Crippen LogP contribution in [0.25, 0.3) is 0 Å². The number of nitrogens with one attached hydrogen (secondary N) is 1. The average molecular weight is 343 g/mol. The van der Waals surface area contributed by atoms with Gasteiger partial charge in [0, 0.05) is 11.1 Å². The minimum absolute atomic E-state index is 0.153. The van der Waals surface area contributed by atoms with Crippen molar-refractivity contribution in [3.8, 4) is 0 Å². The minimum Gasteiger partial charge on any atom is -0.310 e. The Morgan fingerprint density at radius 3 is 2.33 bits per heavy atom. The van der Waals surface area contributed by atoms with Gasteiger partial charge in [0.25, 0.3) is 0 Å². The van der Waals surface area contributed by atoms with Crippen molar-refractivity contribution in [3.05, 3.63) is 68.2 Å². The van der Waals surface area contributed by atoms with E-state index in [0.717, 1.165) is 34.7 Å². The molecule has 0 spiro atoms. The lowest BCUT2D eigenvalue weighted by atomic mass is 9.98. The van der Waals surface area contributed by atoms with Crippen molar-refractivity contribution in [2.24, 2.45) is 0 Å².